The number of halogens is 1. The molecule has 0 unspecified atom stereocenters. The molecule has 1 aliphatic heterocycles. The van der Waals surface area contributed by atoms with Crippen LogP contribution in [0.15, 0.2) is 72.8 Å². The van der Waals surface area contributed by atoms with Crippen LogP contribution in [0.2, 0.25) is 0 Å². The molecule has 0 aliphatic carbocycles. The highest BCUT2D eigenvalue weighted by atomic mass is 19.1. The highest BCUT2D eigenvalue weighted by molar-refractivity contribution is 5.88. The largest absolute Gasteiger partial charge is 0.497 e. The Balaban J connectivity index is 1.53. The van der Waals surface area contributed by atoms with E-state index >= 15 is 0 Å². The Morgan fingerprint density at radius 1 is 1.09 bits per heavy atom. The van der Waals surface area contributed by atoms with Crippen LogP contribution in [0.1, 0.15) is 34.8 Å². The number of benzene rings is 3. The summed E-state index contributed by atoms with van der Waals surface area (Å²) in [5.41, 5.74) is 5.26. The maximum absolute atomic E-state index is 13.7. The first-order valence-corrected chi connectivity index (χ1v) is 10.9. The number of hydrogen-bond acceptors (Lipinski definition) is 2. The number of aromatic amines is 1. The van der Waals surface area contributed by atoms with Crippen molar-refractivity contribution in [3.63, 3.8) is 0 Å². The monoisotopic (exact) mass is 428 g/mol. The number of rotatable bonds is 5. The molecule has 0 saturated carbocycles. The number of aryl methyl sites for hydroxylation is 1. The molecule has 4 aromatic rings. The summed E-state index contributed by atoms with van der Waals surface area (Å²) < 4.78 is 19.1. The minimum Gasteiger partial charge on any atom is -0.497 e. The van der Waals surface area contributed by atoms with Crippen LogP contribution in [-0.4, -0.2) is 29.4 Å². The fraction of sp³-hybridized carbons (Fsp3) is 0.222. The van der Waals surface area contributed by atoms with E-state index in [1.807, 2.05) is 53.4 Å². The summed E-state index contributed by atoms with van der Waals surface area (Å²) in [5.74, 6) is 0.622. The molecule has 1 aromatic heterocycles. The lowest BCUT2D eigenvalue weighted by molar-refractivity contribution is -0.133. The van der Waals surface area contributed by atoms with Gasteiger partial charge in [0.15, 0.2) is 0 Å². The first-order chi connectivity index (χ1) is 15.6. The number of carbonyl (C=O) groups is 1. The Kier molecular flexibility index (Phi) is 5.39. The van der Waals surface area contributed by atoms with E-state index in [2.05, 4.69) is 4.98 Å². The molecule has 0 radical (unpaired) electrons. The second-order valence-corrected chi connectivity index (χ2v) is 8.21. The molecule has 0 spiro atoms. The first kappa shape index (κ1) is 20.3. The Hall–Kier alpha value is -3.60. The molecule has 2 heterocycles. The molecule has 0 fully saturated rings. The second-order valence-electron chi connectivity index (χ2n) is 8.21. The van der Waals surface area contributed by atoms with Gasteiger partial charge in [0.25, 0.3) is 0 Å². The van der Waals surface area contributed by atoms with E-state index in [1.54, 1.807) is 19.2 Å². The summed E-state index contributed by atoms with van der Waals surface area (Å²) in [6.07, 6.45) is 1.89. The molecule has 5 heteroatoms. The lowest BCUT2D eigenvalue weighted by Gasteiger charge is -2.36. The first-order valence-electron chi connectivity index (χ1n) is 10.9. The number of methoxy groups -OCH3 is 1. The van der Waals surface area contributed by atoms with Crippen LogP contribution >= 0.6 is 0 Å². The average Bonchev–Trinajstić information content (AvgIpc) is 3.21. The molecular formula is C27H25FN2O2. The number of nitrogens with one attached hydrogen (secondary N) is 1. The lowest BCUT2D eigenvalue weighted by atomic mass is 9.91. The van der Waals surface area contributed by atoms with Gasteiger partial charge in [-0.05, 0) is 59.9 Å². The molecule has 162 valence electrons. The normalized spacial score (nSPS) is 15.6. The molecule has 4 nitrogen and oxygen atoms in total. The maximum Gasteiger partial charge on any atom is 0.223 e. The zero-order valence-electron chi connectivity index (χ0n) is 18.0. The van der Waals surface area contributed by atoms with E-state index < -0.39 is 0 Å². The maximum atomic E-state index is 13.7. The summed E-state index contributed by atoms with van der Waals surface area (Å²) in [4.78, 5) is 18.8. The Labute approximate surface area is 186 Å². The standard InChI is InChI=1S/C27H25FN2O2/c1-32-21-12-13-24-23(17-21)22-15-16-30(25(31)14-7-18-5-3-2-4-6-18)27(26(22)29-24)19-8-10-20(28)11-9-19/h2-6,8-13,17,27,29H,7,14-16H2,1H3/t27-/m0/s1. The van der Waals surface area contributed by atoms with E-state index in [0.29, 0.717) is 19.4 Å². The van der Waals surface area contributed by atoms with E-state index in [-0.39, 0.29) is 17.8 Å². The summed E-state index contributed by atoms with van der Waals surface area (Å²) in [6, 6.07) is 22.2. The zero-order chi connectivity index (χ0) is 22.1. The van der Waals surface area contributed by atoms with Gasteiger partial charge in [-0.2, -0.15) is 0 Å². The Morgan fingerprint density at radius 2 is 1.88 bits per heavy atom. The molecule has 5 rings (SSSR count). The quantitative estimate of drug-likeness (QED) is 0.461. The van der Waals surface area contributed by atoms with Gasteiger partial charge in [0.2, 0.25) is 5.91 Å². The van der Waals surface area contributed by atoms with Crippen molar-refractivity contribution < 1.29 is 13.9 Å². The predicted octanol–water partition coefficient (Wildman–Crippen LogP) is 5.42. The summed E-state index contributed by atoms with van der Waals surface area (Å²) in [7, 11) is 1.66. The second kappa shape index (κ2) is 8.50. The molecule has 3 aromatic carbocycles. The number of amides is 1. The predicted molar refractivity (Wildman–Crippen MR) is 123 cm³/mol. The van der Waals surface area contributed by atoms with Crippen molar-refractivity contribution >= 4 is 16.8 Å². The van der Waals surface area contributed by atoms with Crippen molar-refractivity contribution in [2.24, 2.45) is 0 Å². The number of carbonyl (C=O) groups excluding carboxylic acids is 1. The van der Waals surface area contributed by atoms with Crippen molar-refractivity contribution in [1.29, 1.82) is 0 Å². The number of ether oxygens (including phenoxy) is 1. The minimum absolute atomic E-state index is 0.102. The number of hydrogen-bond donors (Lipinski definition) is 1. The highest BCUT2D eigenvalue weighted by Crippen LogP contribution is 2.39. The summed E-state index contributed by atoms with van der Waals surface area (Å²) in [5, 5.41) is 1.11. The number of nitrogens with zero attached hydrogens (tertiary/aromatic N) is 1. The van der Waals surface area contributed by atoms with Crippen LogP contribution in [-0.2, 0) is 17.6 Å². The van der Waals surface area contributed by atoms with Gasteiger partial charge in [-0.15, -0.1) is 0 Å². The molecule has 0 bridgehead atoms. The minimum atomic E-state index is -0.284. The van der Waals surface area contributed by atoms with Crippen LogP contribution < -0.4 is 4.74 Å². The zero-order valence-corrected chi connectivity index (χ0v) is 18.0. The Bertz CT molecular complexity index is 1250. The van der Waals surface area contributed by atoms with Gasteiger partial charge < -0.3 is 14.6 Å². The van der Waals surface area contributed by atoms with Crippen molar-refractivity contribution in [2.45, 2.75) is 25.3 Å². The van der Waals surface area contributed by atoms with Gasteiger partial charge >= 0.3 is 0 Å². The van der Waals surface area contributed by atoms with Crippen LogP contribution in [0.25, 0.3) is 10.9 Å². The van der Waals surface area contributed by atoms with Gasteiger partial charge in [-0.25, -0.2) is 4.39 Å². The van der Waals surface area contributed by atoms with Crippen LogP contribution in [0.3, 0.4) is 0 Å². The molecule has 0 saturated heterocycles. The molecular weight excluding hydrogens is 403 g/mol. The van der Waals surface area contributed by atoms with E-state index in [0.717, 1.165) is 39.9 Å². The van der Waals surface area contributed by atoms with Crippen molar-refractivity contribution in [2.75, 3.05) is 13.7 Å². The fourth-order valence-electron chi connectivity index (χ4n) is 4.69. The van der Waals surface area contributed by atoms with Crippen molar-refractivity contribution in [1.82, 2.24) is 9.88 Å². The van der Waals surface area contributed by atoms with Crippen LogP contribution in [0.4, 0.5) is 4.39 Å². The molecule has 1 atom stereocenters. The molecule has 1 amide bonds. The SMILES string of the molecule is COc1ccc2[nH]c3c(c2c1)CCN(C(=O)CCc1ccccc1)[C@H]3c1ccc(F)cc1. The summed E-state index contributed by atoms with van der Waals surface area (Å²) >= 11 is 0. The van der Waals surface area contributed by atoms with Crippen molar-refractivity contribution in [3.05, 3.63) is 101 Å². The van der Waals surface area contributed by atoms with Gasteiger partial charge in [0, 0.05) is 29.6 Å². The third kappa shape index (κ3) is 3.75. The van der Waals surface area contributed by atoms with Gasteiger partial charge in [0.05, 0.1) is 13.2 Å². The Morgan fingerprint density at radius 3 is 2.62 bits per heavy atom. The number of H-pyrrole nitrogens is 1. The highest BCUT2D eigenvalue weighted by Gasteiger charge is 2.34. The third-order valence-electron chi connectivity index (χ3n) is 6.31. The van der Waals surface area contributed by atoms with Crippen LogP contribution in [0.5, 0.6) is 5.75 Å². The lowest BCUT2D eigenvalue weighted by Crippen LogP contribution is -2.40. The number of fused-ring (bicyclic) bond motifs is 3. The smallest absolute Gasteiger partial charge is 0.223 e. The molecule has 32 heavy (non-hydrogen) atoms. The topological polar surface area (TPSA) is 45.3 Å². The summed E-state index contributed by atoms with van der Waals surface area (Å²) in [6.45, 7) is 0.618. The average molecular weight is 429 g/mol. The van der Waals surface area contributed by atoms with Gasteiger partial charge in [-0.3, -0.25) is 4.79 Å². The molecule has 1 N–H and O–H groups in total. The number of aromatic nitrogens is 1. The van der Waals surface area contributed by atoms with E-state index in [9.17, 15) is 9.18 Å². The molecule has 1 aliphatic rings. The van der Waals surface area contributed by atoms with Crippen LogP contribution in [0, 0.1) is 5.82 Å². The van der Waals surface area contributed by atoms with E-state index in [4.69, 9.17) is 4.74 Å². The van der Waals surface area contributed by atoms with Crippen molar-refractivity contribution in [3.8, 4) is 5.75 Å². The fourth-order valence-corrected chi connectivity index (χ4v) is 4.69. The van der Waals surface area contributed by atoms with E-state index in [1.165, 1.54) is 17.7 Å². The van der Waals surface area contributed by atoms with Gasteiger partial charge in [-0.1, -0.05) is 42.5 Å². The van der Waals surface area contributed by atoms with Gasteiger partial charge in [0.1, 0.15) is 11.6 Å². The third-order valence-corrected chi connectivity index (χ3v) is 6.31.